The molecule has 4 nitrogen and oxygen atoms in total. The lowest BCUT2D eigenvalue weighted by molar-refractivity contribution is -0.137. The molecule has 2 N–H and O–H groups in total. The topological polar surface area (TPSA) is 42.5 Å². The smallest absolute Gasteiger partial charge is 0.170 e. The van der Waals surface area contributed by atoms with Crippen LogP contribution in [0.15, 0.2) is 24.3 Å². The Labute approximate surface area is 123 Å². The van der Waals surface area contributed by atoms with Crippen LogP contribution in [0.25, 0.3) is 0 Å². The van der Waals surface area contributed by atoms with Gasteiger partial charge in [-0.25, -0.2) is 0 Å². The van der Waals surface area contributed by atoms with Gasteiger partial charge in [-0.1, -0.05) is 23.7 Å². The first-order chi connectivity index (χ1) is 8.96. The van der Waals surface area contributed by atoms with Gasteiger partial charge in [0, 0.05) is 6.54 Å². The molecule has 1 aliphatic heterocycles. The minimum Gasteiger partial charge on any atom is -0.360 e. The molecule has 0 aromatic heterocycles. The normalized spacial score (nSPS) is 21.1. The molecule has 1 atom stereocenters. The molecule has 0 amide bonds. The monoisotopic (exact) mass is 300 g/mol. The third kappa shape index (κ3) is 4.31. The lowest BCUT2D eigenvalue weighted by atomic mass is 10.3. The summed E-state index contributed by atoms with van der Waals surface area (Å²) in [6.07, 6.45) is 0.000922. The molecule has 0 saturated carbocycles. The van der Waals surface area contributed by atoms with E-state index in [0.717, 1.165) is 5.69 Å². The summed E-state index contributed by atoms with van der Waals surface area (Å²) in [5.74, 6) is -0.510. The van der Waals surface area contributed by atoms with E-state index in [1.807, 2.05) is 38.1 Å². The van der Waals surface area contributed by atoms with Crippen molar-refractivity contribution in [3.05, 3.63) is 29.3 Å². The molecule has 1 aliphatic rings. The van der Waals surface area contributed by atoms with Gasteiger partial charge >= 0.3 is 0 Å². The molecule has 1 saturated heterocycles. The number of anilines is 1. The maximum Gasteiger partial charge on any atom is 0.170 e. The van der Waals surface area contributed by atoms with Crippen LogP contribution in [0.1, 0.15) is 13.8 Å². The minimum absolute atomic E-state index is 0.000922. The number of hydrogen-bond donors (Lipinski definition) is 2. The summed E-state index contributed by atoms with van der Waals surface area (Å²) in [7, 11) is 0. The Morgan fingerprint density at radius 3 is 2.84 bits per heavy atom. The molecule has 0 bridgehead atoms. The summed E-state index contributed by atoms with van der Waals surface area (Å²) < 4.78 is 11.2. The van der Waals surface area contributed by atoms with E-state index in [-0.39, 0.29) is 6.10 Å². The molecule has 1 aromatic carbocycles. The largest absolute Gasteiger partial charge is 0.360 e. The number of nitrogens with one attached hydrogen (secondary N) is 2. The fourth-order valence-electron chi connectivity index (χ4n) is 1.80. The summed E-state index contributed by atoms with van der Waals surface area (Å²) in [4.78, 5) is 0. The molecule has 19 heavy (non-hydrogen) atoms. The van der Waals surface area contributed by atoms with Crippen molar-refractivity contribution in [2.24, 2.45) is 0 Å². The van der Waals surface area contributed by atoms with Crippen LogP contribution in [0.2, 0.25) is 5.02 Å². The Hall–Kier alpha value is -0.880. The molecule has 0 radical (unpaired) electrons. The molecular formula is C13H17ClN2O2S. The number of hydrogen-bond acceptors (Lipinski definition) is 3. The number of rotatable bonds is 3. The van der Waals surface area contributed by atoms with Crippen molar-refractivity contribution in [1.82, 2.24) is 5.32 Å². The van der Waals surface area contributed by atoms with Gasteiger partial charge in [0.15, 0.2) is 10.9 Å². The number of para-hydroxylation sites is 1. The van der Waals surface area contributed by atoms with Gasteiger partial charge < -0.3 is 20.1 Å². The Bertz CT molecular complexity index is 468. The van der Waals surface area contributed by atoms with E-state index >= 15 is 0 Å². The van der Waals surface area contributed by atoms with Crippen molar-refractivity contribution in [1.29, 1.82) is 0 Å². The predicted octanol–water partition coefficient (Wildman–Crippen LogP) is 2.78. The number of halogens is 1. The maximum absolute atomic E-state index is 6.04. The Morgan fingerprint density at radius 1 is 1.47 bits per heavy atom. The Balaban J connectivity index is 1.78. The molecule has 1 heterocycles. The first-order valence-corrected chi connectivity index (χ1v) is 6.86. The van der Waals surface area contributed by atoms with Gasteiger partial charge in [-0.05, 0) is 38.2 Å². The highest BCUT2D eigenvalue weighted by atomic mass is 35.5. The minimum atomic E-state index is -0.510. The highest BCUT2D eigenvalue weighted by Crippen LogP contribution is 2.22. The van der Waals surface area contributed by atoms with E-state index in [4.69, 9.17) is 33.3 Å². The second kappa shape index (κ2) is 6.05. The fraction of sp³-hybridized carbons (Fsp3) is 0.462. The van der Waals surface area contributed by atoms with Gasteiger partial charge in [0.05, 0.1) is 17.3 Å². The average Bonchev–Trinajstić information content (AvgIpc) is 2.69. The molecule has 0 spiro atoms. The zero-order valence-electron chi connectivity index (χ0n) is 10.9. The van der Waals surface area contributed by atoms with E-state index in [1.165, 1.54) is 0 Å². The number of ether oxygens (including phenoxy) is 2. The zero-order valence-corrected chi connectivity index (χ0v) is 12.5. The number of thiocarbonyl (C=S) groups is 1. The highest BCUT2D eigenvalue weighted by Gasteiger charge is 2.32. The summed E-state index contributed by atoms with van der Waals surface area (Å²) in [5.41, 5.74) is 0.783. The van der Waals surface area contributed by atoms with Crippen LogP contribution in [-0.4, -0.2) is 30.2 Å². The molecular weight excluding hydrogens is 284 g/mol. The van der Waals surface area contributed by atoms with Gasteiger partial charge in [-0.3, -0.25) is 0 Å². The van der Waals surface area contributed by atoms with Crippen LogP contribution >= 0.6 is 23.8 Å². The number of benzene rings is 1. The molecule has 1 unspecified atom stereocenters. The quantitative estimate of drug-likeness (QED) is 0.840. The Morgan fingerprint density at radius 2 is 2.21 bits per heavy atom. The van der Waals surface area contributed by atoms with Crippen molar-refractivity contribution in [3.63, 3.8) is 0 Å². The molecule has 2 rings (SSSR count). The highest BCUT2D eigenvalue weighted by molar-refractivity contribution is 7.80. The van der Waals surface area contributed by atoms with Crippen LogP contribution in [0.4, 0.5) is 5.69 Å². The van der Waals surface area contributed by atoms with E-state index < -0.39 is 5.79 Å². The van der Waals surface area contributed by atoms with E-state index in [9.17, 15) is 0 Å². The fourth-order valence-corrected chi connectivity index (χ4v) is 2.18. The third-order valence-corrected chi connectivity index (χ3v) is 3.26. The SMILES string of the molecule is CC1(C)OCC(CNC(=S)Nc2ccccc2Cl)O1. The van der Waals surface area contributed by atoms with Gasteiger partial charge in [-0.2, -0.15) is 0 Å². The zero-order chi connectivity index (χ0) is 13.9. The summed E-state index contributed by atoms with van der Waals surface area (Å²) in [5, 5.41) is 7.29. The van der Waals surface area contributed by atoms with Crippen LogP contribution in [0, 0.1) is 0 Å². The first-order valence-electron chi connectivity index (χ1n) is 6.07. The van der Waals surface area contributed by atoms with E-state index in [0.29, 0.717) is 23.3 Å². The third-order valence-electron chi connectivity index (χ3n) is 2.68. The van der Waals surface area contributed by atoms with Gasteiger partial charge in [-0.15, -0.1) is 0 Å². The van der Waals surface area contributed by atoms with Crippen molar-refractivity contribution in [2.75, 3.05) is 18.5 Å². The lowest BCUT2D eigenvalue weighted by Gasteiger charge is -2.18. The average molecular weight is 301 g/mol. The summed E-state index contributed by atoms with van der Waals surface area (Å²) >= 11 is 11.2. The van der Waals surface area contributed by atoms with E-state index in [2.05, 4.69) is 10.6 Å². The van der Waals surface area contributed by atoms with Crippen LogP contribution in [0.5, 0.6) is 0 Å². The van der Waals surface area contributed by atoms with Crippen LogP contribution in [0.3, 0.4) is 0 Å². The molecule has 104 valence electrons. The molecule has 0 aliphatic carbocycles. The van der Waals surface area contributed by atoms with Crippen molar-refractivity contribution in [2.45, 2.75) is 25.7 Å². The standard InChI is InChI=1S/C13H17ClN2O2S/c1-13(2)17-8-9(18-13)7-15-12(19)16-11-6-4-3-5-10(11)14/h3-6,9H,7-8H2,1-2H3,(H2,15,16,19). The van der Waals surface area contributed by atoms with Crippen molar-refractivity contribution in [3.8, 4) is 0 Å². The predicted molar refractivity (Wildman–Crippen MR) is 80.6 cm³/mol. The second-order valence-corrected chi connectivity index (χ2v) is 5.58. The molecule has 1 aromatic rings. The van der Waals surface area contributed by atoms with Gasteiger partial charge in [0.1, 0.15) is 6.10 Å². The molecule has 1 fully saturated rings. The van der Waals surface area contributed by atoms with E-state index in [1.54, 1.807) is 0 Å². The maximum atomic E-state index is 6.04. The van der Waals surface area contributed by atoms with Crippen molar-refractivity contribution >= 4 is 34.6 Å². The van der Waals surface area contributed by atoms with Crippen molar-refractivity contribution < 1.29 is 9.47 Å². The van der Waals surface area contributed by atoms with Gasteiger partial charge in [0.25, 0.3) is 0 Å². The Kier molecular flexibility index (Phi) is 4.62. The lowest BCUT2D eigenvalue weighted by Crippen LogP contribution is -2.36. The van der Waals surface area contributed by atoms with Crippen LogP contribution in [-0.2, 0) is 9.47 Å². The van der Waals surface area contributed by atoms with Crippen LogP contribution < -0.4 is 10.6 Å². The van der Waals surface area contributed by atoms with Gasteiger partial charge in [0.2, 0.25) is 0 Å². The second-order valence-electron chi connectivity index (χ2n) is 4.77. The summed E-state index contributed by atoms with van der Waals surface area (Å²) in [6.45, 7) is 4.95. The molecule has 6 heteroatoms. The summed E-state index contributed by atoms with van der Waals surface area (Å²) in [6, 6.07) is 7.45. The first kappa shape index (κ1) is 14.5.